The highest BCUT2D eigenvalue weighted by Gasteiger charge is 2.57. The number of nitrogens with zero attached hydrogens (tertiary/aromatic N) is 1. The first-order valence-electron chi connectivity index (χ1n) is 11.2. The van der Waals surface area contributed by atoms with Gasteiger partial charge in [0.25, 0.3) is 0 Å². The molecule has 0 amide bonds. The zero-order valence-electron chi connectivity index (χ0n) is 19.5. The topological polar surface area (TPSA) is 95.7 Å². The summed E-state index contributed by atoms with van der Waals surface area (Å²) in [5, 5.41) is 0. The van der Waals surface area contributed by atoms with Gasteiger partial charge in [-0.25, -0.2) is 4.79 Å². The van der Waals surface area contributed by atoms with Crippen molar-refractivity contribution in [3.63, 3.8) is 0 Å². The summed E-state index contributed by atoms with van der Waals surface area (Å²) in [6, 6.07) is 5.02. The second-order valence-electron chi connectivity index (χ2n) is 8.66. The minimum atomic E-state index is -1.05. The molecule has 7 heteroatoms. The molecule has 0 aromatic carbocycles. The summed E-state index contributed by atoms with van der Waals surface area (Å²) in [6.45, 7) is 11.3. The molecule has 0 N–H and O–H groups in total. The molecule has 2 aromatic rings. The van der Waals surface area contributed by atoms with Crippen molar-refractivity contribution in [3.05, 3.63) is 46.6 Å². The van der Waals surface area contributed by atoms with Crippen LogP contribution in [-0.4, -0.2) is 28.4 Å². The summed E-state index contributed by atoms with van der Waals surface area (Å²) in [5.41, 5.74) is -1.26. The van der Waals surface area contributed by atoms with E-state index in [9.17, 15) is 14.4 Å². The molecule has 0 saturated heterocycles. The van der Waals surface area contributed by atoms with E-state index >= 15 is 0 Å². The molecule has 1 saturated carbocycles. The maximum atomic E-state index is 13.4. The summed E-state index contributed by atoms with van der Waals surface area (Å²) < 4.78 is 17.4. The Morgan fingerprint density at radius 3 is 2.56 bits per heavy atom. The zero-order chi connectivity index (χ0) is 23.6. The second kappa shape index (κ2) is 9.27. The van der Waals surface area contributed by atoms with Crippen LogP contribution < -0.4 is 10.4 Å². The number of aromatic nitrogens is 1. The number of ether oxygens (including phenoxy) is 2. The number of carbonyl (C=O) groups excluding carboxylic acids is 2. The lowest BCUT2D eigenvalue weighted by Crippen LogP contribution is -2.62. The normalized spacial score (nSPS) is 26.2. The smallest absolute Gasteiger partial charge is 0.351 e. The summed E-state index contributed by atoms with van der Waals surface area (Å²) in [4.78, 5) is 42.0. The number of pyridine rings is 1. The van der Waals surface area contributed by atoms with Crippen molar-refractivity contribution in [3.8, 4) is 17.1 Å². The molecule has 0 spiro atoms. The van der Waals surface area contributed by atoms with Crippen molar-refractivity contribution in [1.29, 1.82) is 0 Å². The van der Waals surface area contributed by atoms with E-state index in [4.69, 9.17) is 13.9 Å². The molecule has 1 aliphatic carbocycles. The fourth-order valence-electron chi connectivity index (χ4n) is 4.62. The molecule has 7 nitrogen and oxygen atoms in total. The van der Waals surface area contributed by atoms with E-state index < -0.39 is 29.2 Å². The minimum absolute atomic E-state index is 0.0731. The molecule has 2 aromatic heterocycles. The summed E-state index contributed by atoms with van der Waals surface area (Å²) in [6.07, 6.45) is 3.75. The number of fused-ring (bicyclic) bond motifs is 2. The van der Waals surface area contributed by atoms with E-state index in [2.05, 4.69) is 18.8 Å². The van der Waals surface area contributed by atoms with Crippen LogP contribution in [0.15, 0.2) is 39.8 Å². The average molecular weight is 442 g/mol. The molecule has 3 heterocycles. The number of carbonyl (C=O) groups is 2. The summed E-state index contributed by atoms with van der Waals surface area (Å²) in [5.74, 6) is -0.435. The van der Waals surface area contributed by atoms with Crippen LogP contribution in [0.5, 0.6) is 5.75 Å². The quantitative estimate of drug-likeness (QED) is 0.638. The third-order valence-corrected chi connectivity index (χ3v) is 6.39. The lowest BCUT2D eigenvalue weighted by Gasteiger charge is -2.50. The zero-order valence-corrected chi connectivity index (χ0v) is 19.5. The van der Waals surface area contributed by atoms with E-state index in [1.807, 2.05) is 13.8 Å². The number of rotatable bonds is 3. The Morgan fingerprint density at radius 1 is 1.25 bits per heavy atom. The van der Waals surface area contributed by atoms with Crippen LogP contribution in [0.25, 0.3) is 11.3 Å². The third-order valence-electron chi connectivity index (χ3n) is 6.39. The standard InChI is InChI=1S/C23H25NO6.C2H6/c1-12(2)15-8-16-21(26)20-18(30-23(16,4)19(9-15)28-13(3)25)10-17(29-22(20)27)14-6-5-7-24-11-14;1-2/h5-7,10-12,15-16,19H,8-9H2,1-4H3;1-2H3. The fourth-order valence-corrected chi connectivity index (χ4v) is 4.62. The van der Waals surface area contributed by atoms with Crippen molar-refractivity contribution in [2.75, 3.05) is 0 Å². The Kier molecular flexibility index (Phi) is 6.86. The largest absolute Gasteiger partial charge is 0.482 e. The van der Waals surface area contributed by atoms with Crippen LogP contribution in [0.3, 0.4) is 0 Å². The van der Waals surface area contributed by atoms with Gasteiger partial charge in [0.05, 0.1) is 5.92 Å². The van der Waals surface area contributed by atoms with Crippen LogP contribution in [0.1, 0.15) is 64.7 Å². The Hall–Kier alpha value is -2.96. The van der Waals surface area contributed by atoms with Crippen LogP contribution >= 0.6 is 0 Å². The Morgan fingerprint density at radius 2 is 1.97 bits per heavy atom. The van der Waals surface area contributed by atoms with E-state index in [1.165, 1.54) is 6.92 Å². The molecular weight excluding hydrogens is 410 g/mol. The lowest BCUT2D eigenvalue weighted by atomic mass is 9.64. The first-order chi connectivity index (χ1) is 15.2. The highest BCUT2D eigenvalue weighted by atomic mass is 16.6. The number of hydrogen-bond acceptors (Lipinski definition) is 7. The average Bonchev–Trinajstić information content (AvgIpc) is 2.75. The van der Waals surface area contributed by atoms with Crippen molar-refractivity contribution in [2.24, 2.45) is 17.8 Å². The van der Waals surface area contributed by atoms with E-state index in [0.29, 0.717) is 24.3 Å². The molecule has 1 aliphatic heterocycles. The van der Waals surface area contributed by atoms with Gasteiger partial charge in [-0.1, -0.05) is 27.7 Å². The van der Waals surface area contributed by atoms with Crippen molar-refractivity contribution in [1.82, 2.24) is 4.98 Å². The maximum Gasteiger partial charge on any atom is 0.351 e. The van der Waals surface area contributed by atoms with Crippen molar-refractivity contribution < 1.29 is 23.5 Å². The van der Waals surface area contributed by atoms with E-state index in [1.54, 1.807) is 37.5 Å². The molecule has 2 aliphatic rings. The van der Waals surface area contributed by atoms with Crippen LogP contribution in [0.2, 0.25) is 0 Å². The van der Waals surface area contributed by atoms with Gasteiger partial charge in [-0.2, -0.15) is 0 Å². The molecule has 1 fully saturated rings. The highest BCUT2D eigenvalue weighted by Crippen LogP contribution is 2.49. The van der Waals surface area contributed by atoms with E-state index in [0.717, 1.165) is 0 Å². The predicted molar refractivity (Wildman–Crippen MR) is 120 cm³/mol. The fraction of sp³-hybridized carbons (Fsp3) is 0.520. The van der Waals surface area contributed by atoms with Crippen LogP contribution in [0, 0.1) is 17.8 Å². The monoisotopic (exact) mass is 441 g/mol. The predicted octanol–water partition coefficient (Wildman–Crippen LogP) is 4.68. The number of hydrogen-bond donors (Lipinski definition) is 0. The van der Waals surface area contributed by atoms with Gasteiger partial charge in [-0.05, 0) is 43.7 Å². The van der Waals surface area contributed by atoms with Gasteiger partial charge in [0.15, 0.2) is 11.4 Å². The Labute approximate surface area is 188 Å². The number of esters is 1. The van der Waals surface area contributed by atoms with Gasteiger partial charge in [0.2, 0.25) is 0 Å². The maximum absolute atomic E-state index is 13.4. The Bertz CT molecular complexity index is 1040. The van der Waals surface area contributed by atoms with Gasteiger partial charge in [0, 0.05) is 30.9 Å². The molecule has 4 rings (SSSR count). The lowest BCUT2D eigenvalue weighted by molar-refractivity contribution is -0.173. The highest BCUT2D eigenvalue weighted by molar-refractivity contribution is 6.02. The van der Waals surface area contributed by atoms with Gasteiger partial charge < -0.3 is 13.9 Å². The van der Waals surface area contributed by atoms with Crippen LogP contribution in [0.4, 0.5) is 0 Å². The molecule has 0 bridgehead atoms. The van der Waals surface area contributed by atoms with Gasteiger partial charge >= 0.3 is 11.6 Å². The molecule has 4 unspecified atom stereocenters. The molecule has 0 radical (unpaired) electrons. The summed E-state index contributed by atoms with van der Waals surface area (Å²) in [7, 11) is 0. The second-order valence-corrected chi connectivity index (χ2v) is 8.66. The molecule has 172 valence electrons. The van der Waals surface area contributed by atoms with Crippen molar-refractivity contribution in [2.45, 2.75) is 66.1 Å². The molecular formula is C25H31NO6. The van der Waals surface area contributed by atoms with Crippen molar-refractivity contribution >= 4 is 11.8 Å². The third kappa shape index (κ3) is 4.20. The molecule has 4 atom stereocenters. The molecule has 32 heavy (non-hydrogen) atoms. The minimum Gasteiger partial charge on any atom is -0.482 e. The van der Waals surface area contributed by atoms with Gasteiger partial charge in [0.1, 0.15) is 23.2 Å². The van der Waals surface area contributed by atoms with Crippen LogP contribution in [-0.2, 0) is 9.53 Å². The Balaban J connectivity index is 0.00000141. The van der Waals surface area contributed by atoms with Gasteiger partial charge in [-0.15, -0.1) is 0 Å². The first-order valence-corrected chi connectivity index (χ1v) is 11.2. The number of Topliss-reactive ketones (excluding diaryl/α,β-unsaturated/α-hetero) is 1. The van der Waals surface area contributed by atoms with E-state index in [-0.39, 0.29) is 28.8 Å². The summed E-state index contributed by atoms with van der Waals surface area (Å²) >= 11 is 0. The SMILES string of the molecule is CC.CC(=O)OC1CC(C(C)C)CC2C(=O)c3c(cc(-c4cccnc4)oc3=O)OC12C. The van der Waals surface area contributed by atoms with Gasteiger partial charge in [-0.3, -0.25) is 14.6 Å². The first kappa shape index (κ1) is 23.7. The number of ketones is 1.